The molecule has 0 spiro atoms. The van der Waals surface area contributed by atoms with Crippen molar-refractivity contribution < 1.29 is 54.8 Å². The lowest BCUT2D eigenvalue weighted by atomic mass is 10.0. The maximum Gasteiger partial charge on any atom is 0.336 e. The zero-order valence-electron chi connectivity index (χ0n) is 38.6. The van der Waals surface area contributed by atoms with E-state index in [1.807, 2.05) is 52.0 Å². The number of hydrogen-bond acceptors (Lipinski definition) is 16. The highest BCUT2D eigenvalue weighted by Gasteiger charge is 2.25. The standard InChI is InChI=1S/C23H25Cl2N5O5.C19H17Cl2N5O5.C4H10O/c1-14(2)13-35-23(33)21(31)12-29(27-22(32)20-11-30(34)28-26-20)10-15-3-5-16(6-4-15)18-9-17(24)7-8-19(18)25;20-13-5-6-15(21)14(7-13)12-3-1-11(2-4-12)8-25(10-17(27)19(29)30)23-18(28)16-9-26(31)24-22-16;1-4(2)3-5/h3-9,11,14,21,31,34H,10,12-13H2,1-2H3,(H,27,32);1-7,9,17,27,31H,8,10H2,(H,23,28)(H,29,30);4-5H,3H2,1-2H3/t21-;17-;/m11./s1. The van der Waals surface area contributed by atoms with Crippen molar-refractivity contribution >= 4 is 70.2 Å². The van der Waals surface area contributed by atoms with Gasteiger partial charge in [-0.25, -0.2) is 19.6 Å². The molecule has 2 heterocycles. The van der Waals surface area contributed by atoms with Crippen LogP contribution in [0.3, 0.4) is 0 Å². The van der Waals surface area contributed by atoms with Crippen molar-refractivity contribution in [2.75, 3.05) is 26.3 Å². The summed E-state index contributed by atoms with van der Waals surface area (Å²) in [4.78, 5) is 48.8. The number of halogens is 4. The van der Waals surface area contributed by atoms with Gasteiger partial charge in [0.05, 0.1) is 32.1 Å². The first-order chi connectivity index (χ1) is 33.6. The van der Waals surface area contributed by atoms with Crippen LogP contribution in [0, 0.1) is 11.8 Å². The SMILES string of the molecule is CC(C)CO.CC(C)COC(=O)[C@H](O)CN(Cc1ccc(-c2cc(Cl)ccc2Cl)cc1)NC(=O)c1cn(O)nn1.O=C(NN(Cc1ccc(-c2cc(Cl)ccc2Cl)cc1)C[C@@H](O)C(=O)O)c1cn(O)nn1. The summed E-state index contributed by atoms with van der Waals surface area (Å²) in [6.45, 7) is 7.73. The van der Waals surface area contributed by atoms with Gasteiger partial charge in [-0.15, -0.1) is 10.2 Å². The van der Waals surface area contributed by atoms with Crippen LogP contribution in [0.15, 0.2) is 97.3 Å². The second-order valence-electron chi connectivity index (χ2n) is 16.3. The van der Waals surface area contributed by atoms with Gasteiger partial charge in [0.2, 0.25) is 0 Å². The molecule has 0 fully saturated rings. The Morgan fingerprint density at radius 1 is 0.634 bits per heavy atom. The molecule has 0 saturated carbocycles. The minimum Gasteiger partial charge on any atom is -0.479 e. The molecule has 8 N–H and O–H groups in total. The average Bonchev–Trinajstić information content (AvgIpc) is 3.98. The van der Waals surface area contributed by atoms with Crippen molar-refractivity contribution in [3.05, 3.63) is 140 Å². The van der Waals surface area contributed by atoms with E-state index in [0.717, 1.165) is 40.2 Å². The van der Waals surface area contributed by atoms with Crippen molar-refractivity contribution in [1.29, 1.82) is 0 Å². The molecule has 0 radical (unpaired) electrons. The summed E-state index contributed by atoms with van der Waals surface area (Å²) in [5.74, 6) is -3.11. The Labute approximate surface area is 427 Å². The molecule has 0 aliphatic heterocycles. The number of carbonyl (C=O) groups excluding carboxylic acids is 3. The third-order valence-corrected chi connectivity index (χ3v) is 10.5. The zero-order chi connectivity index (χ0) is 52.4. The van der Waals surface area contributed by atoms with Crippen LogP contribution in [-0.4, -0.2) is 133 Å². The Kier molecular flexibility index (Phi) is 22.4. The number of nitrogens with one attached hydrogen (secondary N) is 2. The summed E-state index contributed by atoms with van der Waals surface area (Å²) in [7, 11) is 0. The topological polar surface area (TPSA) is 291 Å². The van der Waals surface area contributed by atoms with Crippen LogP contribution in [-0.2, 0) is 27.4 Å². The van der Waals surface area contributed by atoms with Gasteiger partial charge in [-0.1, -0.05) is 132 Å². The molecule has 2 amide bonds. The number of ether oxygens (including phenoxy) is 1. The molecule has 6 aromatic rings. The molecule has 0 aliphatic carbocycles. The van der Waals surface area contributed by atoms with Crippen molar-refractivity contribution in [2.24, 2.45) is 11.8 Å². The Morgan fingerprint density at radius 2 is 1.03 bits per heavy atom. The molecule has 380 valence electrons. The maximum absolute atomic E-state index is 12.5. The van der Waals surface area contributed by atoms with Gasteiger partial charge in [-0.3, -0.25) is 20.4 Å². The number of aliphatic carboxylic acids is 1. The summed E-state index contributed by atoms with van der Waals surface area (Å²) in [5.41, 5.74) is 9.33. The van der Waals surface area contributed by atoms with E-state index in [4.69, 9.17) is 66.6 Å². The van der Waals surface area contributed by atoms with Crippen LogP contribution >= 0.6 is 46.4 Å². The first kappa shape index (κ1) is 57.2. The lowest BCUT2D eigenvalue weighted by molar-refractivity contribution is -0.156. The fraction of sp³-hybridized carbons (Fsp3) is 0.304. The van der Waals surface area contributed by atoms with E-state index in [1.54, 1.807) is 60.7 Å². The Hall–Kier alpha value is -6.40. The van der Waals surface area contributed by atoms with Gasteiger partial charge in [0, 0.05) is 50.9 Å². The summed E-state index contributed by atoms with van der Waals surface area (Å²) in [5, 5.41) is 74.0. The Morgan fingerprint density at radius 3 is 1.37 bits per heavy atom. The number of aliphatic hydroxyl groups excluding tert-OH is 3. The molecule has 0 aliphatic rings. The lowest BCUT2D eigenvalue weighted by Gasteiger charge is -2.25. The summed E-state index contributed by atoms with van der Waals surface area (Å²) in [6, 6.07) is 24.8. The largest absolute Gasteiger partial charge is 0.479 e. The van der Waals surface area contributed by atoms with E-state index in [-0.39, 0.29) is 43.5 Å². The van der Waals surface area contributed by atoms with E-state index in [2.05, 4.69) is 31.5 Å². The molecule has 21 nitrogen and oxygen atoms in total. The number of carbonyl (C=O) groups is 4. The van der Waals surface area contributed by atoms with Gasteiger partial charge in [0.1, 0.15) is 0 Å². The zero-order valence-corrected chi connectivity index (χ0v) is 41.6. The highest BCUT2D eigenvalue weighted by molar-refractivity contribution is 6.36. The molecule has 4 aromatic carbocycles. The molecule has 2 atom stereocenters. The molecular formula is C46H52Cl4N10O11. The number of nitrogens with zero attached hydrogens (tertiary/aromatic N) is 8. The highest BCUT2D eigenvalue weighted by atomic mass is 35.5. The third kappa shape index (κ3) is 19.0. The number of hydrogen-bond donors (Lipinski definition) is 8. The average molecular weight is 1060 g/mol. The van der Waals surface area contributed by atoms with Crippen molar-refractivity contribution in [1.82, 2.24) is 51.2 Å². The van der Waals surface area contributed by atoms with E-state index in [9.17, 15) is 34.6 Å². The quantitative estimate of drug-likeness (QED) is 0.0266. The first-order valence-electron chi connectivity index (χ1n) is 21.4. The van der Waals surface area contributed by atoms with Crippen LogP contribution in [0.2, 0.25) is 20.1 Å². The molecule has 2 aromatic heterocycles. The number of amides is 2. The number of carboxylic acid groups (broad SMARTS) is 1. The van der Waals surface area contributed by atoms with Gasteiger partial charge in [0.15, 0.2) is 23.6 Å². The van der Waals surface area contributed by atoms with Crippen molar-refractivity contribution in [3.8, 4) is 22.3 Å². The monoisotopic (exact) mass is 1060 g/mol. The summed E-state index contributed by atoms with van der Waals surface area (Å²) >= 11 is 24.6. The molecule has 6 rings (SSSR count). The molecule has 0 unspecified atom stereocenters. The minimum atomic E-state index is -1.74. The van der Waals surface area contributed by atoms with Gasteiger partial charge < -0.3 is 35.6 Å². The highest BCUT2D eigenvalue weighted by Crippen LogP contribution is 2.32. The summed E-state index contributed by atoms with van der Waals surface area (Å²) in [6.07, 6.45) is -1.25. The first-order valence-corrected chi connectivity index (χ1v) is 22.9. The third-order valence-electron chi connectivity index (χ3n) is 9.35. The number of carboxylic acids is 1. The van der Waals surface area contributed by atoms with Gasteiger partial charge >= 0.3 is 11.9 Å². The number of rotatable bonds is 19. The second kappa shape index (κ2) is 27.8. The predicted molar refractivity (Wildman–Crippen MR) is 261 cm³/mol. The molecule has 0 bridgehead atoms. The van der Waals surface area contributed by atoms with E-state index in [1.165, 1.54) is 10.0 Å². The van der Waals surface area contributed by atoms with Gasteiger partial charge in [0.25, 0.3) is 11.8 Å². The molecule has 71 heavy (non-hydrogen) atoms. The minimum absolute atomic E-state index is 0.0763. The normalized spacial score (nSPS) is 11.9. The predicted octanol–water partition coefficient (Wildman–Crippen LogP) is 5.91. The molecule has 25 heteroatoms. The fourth-order valence-electron chi connectivity index (χ4n) is 5.79. The molecular weight excluding hydrogens is 1010 g/mol. The lowest BCUT2D eigenvalue weighted by Crippen LogP contribution is -2.47. The van der Waals surface area contributed by atoms with E-state index in [0.29, 0.717) is 47.9 Å². The Balaban J connectivity index is 0.000000283. The molecule has 0 saturated heterocycles. The van der Waals surface area contributed by atoms with E-state index < -0.39 is 42.5 Å². The van der Waals surface area contributed by atoms with E-state index >= 15 is 0 Å². The fourth-order valence-corrected chi connectivity index (χ4v) is 6.59. The second-order valence-corrected chi connectivity index (χ2v) is 18.0. The number of esters is 1. The van der Waals surface area contributed by atoms with Crippen molar-refractivity contribution in [3.63, 3.8) is 0 Å². The smallest absolute Gasteiger partial charge is 0.336 e. The van der Waals surface area contributed by atoms with Crippen LogP contribution in [0.5, 0.6) is 0 Å². The van der Waals surface area contributed by atoms with Crippen LogP contribution in [0.25, 0.3) is 22.3 Å². The van der Waals surface area contributed by atoms with Gasteiger partial charge in [-0.2, -0.15) is 0 Å². The number of aliphatic hydroxyl groups is 3. The van der Waals surface area contributed by atoms with Crippen LogP contribution < -0.4 is 10.9 Å². The summed E-state index contributed by atoms with van der Waals surface area (Å²) < 4.78 is 5.08. The number of benzene rings is 4. The van der Waals surface area contributed by atoms with Gasteiger partial charge in [-0.05, 0) is 80.9 Å². The maximum atomic E-state index is 12.5. The van der Waals surface area contributed by atoms with Crippen LogP contribution in [0.1, 0.15) is 59.8 Å². The van der Waals surface area contributed by atoms with Crippen molar-refractivity contribution in [2.45, 2.75) is 53.0 Å². The number of hydrazine groups is 2. The number of aromatic nitrogens is 6. The Bertz CT molecular complexity index is 2690. The van der Waals surface area contributed by atoms with Crippen LogP contribution in [0.4, 0.5) is 0 Å².